The van der Waals surface area contributed by atoms with Crippen molar-refractivity contribution >= 4 is 25.7 Å². The summed E-state index contributed by atoms with van der Waals surface area (Å²) in [5.74, 6) is 5.22. The Bertz CT molecular complexity index is 625. The van der Waals surface area contributed by atoms with E-state index in [2.05, 4.69) is 10.4 Å². The first-order chi connectivity index (χ1) is 8.66. The smallest absolute Gasteiger partial charge is 0.244 e. The number of nitrogens with one attached hydrogen (secondary N) is 1. The van der Waals surface area contributed by atoms with Gasteiger partial charge in [0.1, 0.15) is 20.6 Å². The molecule has 0 unspecified atom stereocenters. The third-order valence-corrected chi connectivity index (χ3v) is 5.13. The van der Waals surface area contributed by atoms with Crippen molar-refractivity contribution < 1.29 is 16.8 Å². The van der Waals surface area contributed by atoms with Crippen LogP contribution in [0.4, 0.5) is 5.82 Å². The molecule has 0 radical (unpaired) electrons. The molecule has 0 fully saturated rings. The van der Waals surface area contributed by atoms with Crippen LogP contribution >= 0.6 is 0 Å². The average molecular weight is 308 g/mol. The van der Waals surface area contributed by atoms with E-state index in [0.29, 0.717) is 5.82 Å². The van der Waals surface area contributed by atoms with E-state index in [1.165, 1.54) is 19.2 Å². The molecule has 0 saturated heterocycles. The summed E-state index contributed by atoms with van der Waals surface area (Å²) in [6, 6.07) is 2.76. The second-order valence-electron chi connectivity index (χ2n) is 3.98. The van der Waals surface area contributed by atoms with Gasteiger partial charge in [-0.3, -0.25) is 0 Å². The van der Waals surface area contributed by atoms with Gasteiger partial charge in [-0.1, -0.05) is 0 Å². The standard InChI is InChI=1S/C9H16N4O4S2/c1-13(5-6-18(2,14)15)19(16,17)8-3-4-9(12-10)11-7-8/h3-4,7H,5-6,10H2,1-2H3,(H,11,12). The predicted octanol–water partition coefficient (Wildman–Crippen LogP) is -0.968. The van der Waals surface area contributed by atoms with Crippen molar-refractivity contribution in [2.45, 2.75) is 4.90 Å². The van der Waals surface area contributed by atoms with Crippen molar-refractivity contribution in [1.29, 1.82) is 0 Å². The zero-order valence-corrected chi connectivity index (χ0v) is 12.2. The molecule has 10 heteroatoms. The van der Waals surface area contributed by atoms with Gasteiger partial charge in [-0.15, -0.1) is 0 Å². The Hall–Kier alpha value is -1.23. The van der Waals surface area contributed by atoms with Crippen LogP contribution in [-0.2, 0) is 19.9 Å². The highest BCUT2D eigenvalue weighted by Crippen LogP contribution is 2.14. The zero-order valence-electron chi connectivity index (χ0n) is 10.6. The lowest BCUT2D eigenvalue weighted by Gasteiger charge is -2.16. The lowest BCUT2D eigenvalue weighted by atomic mass is 10.5. The van der Waals surface area contributed by atoms with Crippen molar-refractivity contribution in [2.24, 2.45) is 5.84 Å². The van der Waals surface area contributed by atoms with E-state index < -0.39 is 19.9 Å². The van der Waals surface area contributed by atoms with Gasteiger partial charge >= 0.3 is 0 Å². The third kappa shape index (κ3) is 4.42. The van der Waals surface area contributed by atoms with E-state index in [1.807, 2.05) is 0 Å². The second-order valence-corrected chi connectivity index (χ2v) is 8.28. The number of sulfone groups is 1. The molecule has 0 aliphatic rings. The average Bonchev–Trinajstić information content (AvgIpc) is 2.35. The summed E-state index contributed by atoms with van der Waals surface area (Å²) in [6.07, 6.45) is 2.21. The van der Waals surface area contributed by atoms with Crippen LogP contribution in [0.3, 0.4) is 0 Å². The van der Waals surface area contributed by atoms with Gasteiger partial charge in [0.2, 0.25) is 10.0 Å². The van der Waals surface area contributed by atoms with Crippen molar-refractivity contribution in [1.82, 2.24) is 9.29 Å². The van der Waals surface area contributed by atoms with Crippen LogP contribution in [-0.4, -0.2) is 51.7 Å². The van der Waals surface area contributed by atoms with E-state index in [-0.39, 0.29) is 17.2 Å². The Morgan fingerprint density at radius 2 is 1.95 bits per heavy atom. The summed E-state index contributed by atoms with van der Waals surface area (Å²) in [7, 11) is -5.65. The molecule has 0 atom stereocenters. The summed E-state index contributed by atoms with van der Waals surface area (Å²) in [5.41, 5.74) is 2.28. The van der Waals surface area contributed by atoms with Crippen LogP contribution in [0.1, 0.15) is 0 Å². The summed E-state index contributed by atoms with van der Waals surface area (Å²) >= 11 is 0. The maximum atomic E-state index is 12.1. The highest BCUT2D eigenvalue weighted by atomic mass is 32.2. The van der Waals surface area contributed by atoms with Crippen LogP contribution in [0.2, 0.25) is 0 Å². The van der Waals surface area contributed by atoms with Crippen LogP contribution in [0.5, 0.6) is 0 Å². The van der Waals surface area contributed by atoms with Crippen molar-refractivity contribution in [3.8, 4) is 0 Å². The van der Waals surface area contributed by atoms with Crippen LogP contribution in [0.25, 0.3) is 0 Å². The molecule has 19 heavy (non-hydrogen) atoms. The first-order valence-electron chi connectivity index (χ1n) is 5.23. The summed E-state index contributed by atoms with van der Waals surface area (Å²) in [6.45, 7) is -0.113. The Kier molecular flexibility index (Phi) is 4.85. The van der Waals surface area contributed by atoms with Crippen molar-refractivity contribution in [3.63, 3.8) is 0 Å². The quantitative estimate of drug-likeness (QED) is 0.512. The first kappa shape index (κ1) is 15.8. The van der Waals surface area contributed by atoms with Crippen LogP contribution < -0.4 is 11.3 Å². The Morgan fingerprint density at radius 1 is 1.32 bits per heavy atom. The van der Waals surface area contributed by atoms with Crippen LogP contribution in [0.15, 0.2) is 23.2 Å². The lowest BCUT2D eigenvalue weighted by Crippen LogP contribution is -2.31. The molecule has 1 rings (SSSR count). The number of hydrazine groups is 1. The number of nitrogen functional groups attached to an aromatic ring is 1. The molecule has 0 spiro atoms. The predicted molar refractivity (Wildman–Crippen MR) is 71.6 cm³/mol. The minimum Gasteiger partial charge on any atom is -0.308 e. The largest absolute Gasteiger partial charge is 0.308 e. The van der Waals surface area contributed by atoms with Gasteiger partial charge in [0.05, 0.1) is 5.75 Å². The van der Waals surface area contributed by atoms with E-state index in [1.54, 1.807) is 0 Å². The number of hydrogen-bond acceptors (Lipinski definition) is 7. The normalized spacial score (nSPS) is 12.6. The fourth-order valence-corrected chi connectivity index (χ4v) is 3.05. The number of sulfonamides is 1. The molecular weight excluding hydrogens is 292 g/mol. The molecule has 0 bridgehead atoms. The fraction of sp³-hybridized carbons (Fsp3) is 0.444. The Morgan fingerprint density at radius 3 is 2.37 bits per heavy atom. The summed E-state index contributed by atoms with van der Waals surface area (Å²) in [5, 5.41) is 0. The minimum absolute atomic E-state index is 0.0255. The molecule has 3 N–H and O–H groups in total. The highest BCUT2D eigenvalue weighted by Gasteiger charge is 2.22. The summed E-state index contributed by atoms with van der Waals surface area (Å²) < 4.78 is 47.2. The minimum atomic E-state index is -3.75. The van der Waals surface area contributed by atoms with Gasteiger partial charge in [-0.2, -0.15) is 4.31 Å². The Labute approximate surface area is 112 Å². The SMILES string of the molecule is CN(CCS(C)(=O)=O)S(=O)(=O)c1ccc(NN)nc1. The molecule has 1 aromatic rings. The van der Waals surface area contributed by atoms with Crippen LogP contribution in [0, 0.1) is 0 Å². The number of hydrogen-bond donors (Lipinski definition) is 2. The van der Waals surface area contributed by atoms with Gasteiger partial charge in [-0.05, 0) is 12.1 Å². The summed E-state index contributed by atoms with van der Waals surface area (Å²) in [4.78, 5) is 3.77. The van der Waals surface area contributed by atoms with Gasteiger partial charge < -0.3 is 5.43 Å². The van der Waals surface area contributed by atoms with E-state index in [0.717, 1.165) is 16.8 Å². The van der Waals surface area contributed by atoms with Gasteiger partial charge in [0.15, 0.2) is 0 Å². The molecular formula is C9H16N4O4S2. The van der Waals surface area contributed by atoms with E-state index in [4.69, 9.17) is 5.84 Å². The number of nitrogens with two attached hydrogens (primary N) is 1. The molecule has 0 amide bonds. The van der Waals surface area contributed by atoms with Gasteiger partial charge in [0, 0.05) is 26.0 Å². The molecule has 1 aromatic heterocycles. The molecule has 8 nitrogen and oxygen atoms in total. The number of anilines is 1. The van der Waals surface area contributed by atoms with Gasteiger partial charge in [0.25, 0.3) is 0 Å². The topological polar surface area (TPSA) is 122 Å². The molecule has 0 aliphatic carbocycles. The second kappa shape index (κ2) is 5.82. The molecule has 1 heterocycles. The number of rotatable bonds is 6. The van der Waals surface area contributed by atoms with E-state index >= 15 is 0 Å². The molecule has 108 valence electrons. The lowest BCUT2D eigenvalue weighted by molar-refractivity contribution is 0.484. The maximum absolute atomic E-state index is 12.1. The van der Waals surface area contributed by atoms with Crippen molar-refractivity contribution in [2.75, 3.05) is 31.0 Å². The van der Waals surface area contributed by atoms with E-state index in [9.17, 15) is 16.8 Å². The van der Waals surface area contributed by atoms with Gasteiger partial charge in [-0.25, -0.2) is 27.7 Å². The first-order valence-corrected chi connectivity index (χ1v) is 8.73. The Balaban J connectivity index is 2.90. The maximum Gasteiger partial charge on any atom is 0.244 e. The highest BCUT2D eigenvalue weighted by molar-refractivity contribution is 7.91. The number of pyridine rings is 1. The monoisotopic (exact) mass is 308 g/mol. The number of nitrogens with zero attached hydrogens (tertiary/aromatic N) is 2. The third-order valence-electron chi connectivity index (χ3n) is 2.37. The fourth-order valence-electron chi connectivity index (χ4n) is 1.21. The molecule has 0 aromatic carbocycles. The zero-order chi connectivity index (χ0) is 14.7. The molecule has 0 aliphatic heterocycles. The number of aromatic nitrogens is 1. The molecule has 0 saturated carbocycles. The van der Waals surface area contributed by atoms with Crippen molar-refractivity contribution in [3.05, 3.63) is 18.3 Å².